The van der Waals surface area contributed by atoms with Crippen LogP contribution in [-0.2, 0) is 29.2 Å². The Kier molecular flexibility index (Phi) is 10.1. The van der Waals surface area contributed by atoms with E-state index >= 15 is 0 Å². The number of nitrogens with one attached hydrogen (secondary N) is 1. The summed E-state index contributed by atoms with van der Waals surface area (Å²) < 4.78 is 42.9. The number of amides is 1. The van der Waals surface area contributed by atoms with Gasteiger partial charge in [-0.1, -0.05) is 36.4 Å². The van der Waals surface area contributed by atoms with Crippen molar-refractivity contribution < 1.29 is 29.3 Å². The summed E-state index contributed by atoms with van der Waals surface area (Å²) in [5.74, 6) is -1.79. The first-order valence-electron chi connectivity index (χ1n) is 15.1. The molecular formula is C37H37F2N3O5. The van der Waals surface area contributed by atoms with Gasteiger partial charge < -0.3 is 19.4 Å². The van der Waals surface area contributed by atoms with E-state index in [0.29, 0.717) is 34.8 Å². The van der Waals surface area contributed by atoms with Gasteiger partial charge in [0.05, 0.1) is 23.6 Å². The highest BCUT2D eigenvalue weighted by molar-refractivity contribution is 5.95. The maximum Gasteiger partial charge on any atom is 0.343 e. The predicted octanol–water partition coefficient (Wildman–Crippen LogP) is 7.52. The van der Waals surface area contributed by atoms with Crippen molar-refractivity contribution >= 4 is 28.5 Å². The molecule has 0 aliphatic rings. The molecule has 1 aromatic heterocycles. The highest BCUT2D eigenvalue weighted by atomic mass is 19.1. The number of hydrogen-bond acceptors (Lipinski definition) is 6. The molecule has 0 radical (unpaired) electrons. The molecule has 244 valence electrons. The van der Waals surface area contributed by atoms with E-state index in [2.05, 4.69) is 5.32 Å². The number of rotatable bonds is 11. The standard InChI is InChI=1S/C37H35F2N3O5.H2/c1-23(2)46-37(45)30-22-42(21-28-31(38)11-8-12-32(28)39)33-17-18-34(47-27-15-13-26(14-16-27)40-24(3)43)29(35(33)36(30)44)20-41(4)19-25-9-6-5-7-10-25;/h5-18,22-23H,19-21H2,1-4H3,(H,40,43);1H. The Morgan fingerprint density at radius 2 is 1.57 bits per heavy atom. The van der Waals surface area contributed by atoms with Crippen LogP contribution in [0.25, 0.3) is 10.9 Å². The van der Waals surface area contributed by atoms with Gasteiger partial charge in [-0.25, -0.2) is 13.6 Å². The summed E-state index contributed by atoms with van der Waals surface area (Å²) in [6.07, 6.45) is 0.779. The molecule has 0 atom stereocenters. The van der Waals surface area contributed by atoms with E-state index in [1.54, 1.807) is 50.2 Å². The molecule has 0 spiro atoms. The Balaban J connectivity index is 0.00000520. The van der Waals surface area contributed by atoms with E-state index in [9.17, 15) is 23.2 Å². The molecule has 5 rings (SSSR count). The molecule has 0 saturated heterocycles. The second kappa shape index (κ2) is 14.4. The number of hydrogen-bond donors (Lipinski definition) is 1. The predicted molar refractivity (Wildman–Crippen MR) is 179 cm³/mol. The largest absolute Gasteiger partial charge is 0.459 e. The third kappa shape index (κ3) is 7.90. The van der Waals surface area contributed by atoms with Crippen LogP contribution in [0, 0.1) is 11.6 Å². The minimum Gasteiger partial charge on any atom is -0.459 e. The SMILES string of the molecule is CC(=O)Nc1ccc(Oc2ccc3c(c2CN(C)Cc2ccccc2)c(=O)c(C(=O)OC(C)C)cn3Cc2c(F)cccc2F)cc1.[HH]. The summed E-state index contributed by atoms with van der Waals surface area (Å²) in [6.45, 7) is 5.21. The topological polar surface area (TPSA) is 89.9 Å². The Labute approximate surface area is 272 Å². The third-order valence-corrected chi connectivity index (χ3v) is 7.39. The Bertz CT molecular complexity index is 1960. The molecule has 1 heterocycles. The molecular weight excluding hydrogens is 604 g/mol. The van der Waals surface area contributed by atoms with Gasteiger partial charge >= 0.3 is 5.97 Å². The maximum absolute atomic E-state index is 14.9. The molecule has 1 amide bonds. The molecule has 0 bridgehead atoms. The molecule has 4 aromatic carbocycles. The molecule has 10 heteroatoms. The minimum atomic E-state index is -0.849. The van der Waals surface area contributed by atoms with Crippen LogP contribution in [-0.4, -0.2) is 34.5 Å². The van der Waals surface area contributed by atoms with E-state index in [-0.39, 0.29) is 36.9 Å². The summed E-state index contributed by atoms with van der Waals surface area (Å²) in [5.41, 5.74) is 1.37. The lowest BCUT2D eigenvalue weighted by atomic mass is 10.0. The molecule has 5 aromatic rings. The van der Waals surface area contributed by atoms with Crippen LogP contribution in [0.2, 0.25) is 0 Å². The lowest BCUT2D eigenvalue weighted by Crippen LogP contribution is -2.25. The fourth-order valence-corrected chi connectivity index (χ4v) is 5.35. The molecule has 1 N–H and O–H groups in total. The number of fused-ring (bicyclic) bond motifs is 1. The quantitative estimate of drug-likeness (QED) is 0.150. The van der Waals surface area contributed by atoms with Gasteiger partial charge in [-0.3, -0.25) is 14.5 Å². The van der Waals surface area contributed by atoms with Gasteiger partial charge in [-0.2, -0.15) is 0 Å². The lowest BCUT2D eigenvalue weighted by molar-refractivity contribution is -0.114. The van der Waals surface area contributed by atoms with Crippen LogP contribution in [0.3, 0.4) is 0 Å². The van der Waals surface area contributed by atoms with Crippen LogP contribution in [0.5, 0.6) is 11.5 Å². The highest BCUT2D eigenvalue weighted by Gasteiger charge is 2.24. The first kappa shape index (κ1) is 33.0. The Morgan fingerprint density at radius 3 is 2.21 bits per heavy atom. The molecule has 0 saturated carbocycles. The van der Waals surface area contributed by atoms with Crippen LogP contribution in [0.4, 0.5) is 14.5 Å². The number of carbonyl (C=O) groups excluding carboxylic acids is 2. The monoisotopic (exact) mass is 641 g/mol. The molecule has 8 nitrogen and oxygen atoms in total. The summed E-state index contributed by atoms with van der Waals surface area (Å²) in [6, 6.07) is 23.4. The second-order valence-corrected chi connectivity index (χ2v) is 11.6. The number of pyridine rings is 1. The zero-order valence-electron chi connectivity index (χ0n) is 26.6. The number of halogens is 2. The van der Waals surface area contributed by atoms with Crippen LogP contribution >= 0.6 is 0 Å². The minimum absolute atomic E-state index is 0. The van der Waals surface area contributed by atoms with E-state index in [1.807, 2.05) is 42.3 Å². The number of ether oxygens (including phenoxy) is 2. The number of nitrogens with zero attached hydrogens (tertiary/aromatic N) is 2. The van der Waals surface area contributed by atoms with Gasteiger partial charge in [0.1, 0.15) is 28.7 Å². The van der Waals surface area contributed by atoms with Gasteiger partial charge in [0.15, 0.2) is 0 Å². The average molecular weight is 642 g/mol. The first-order valence-corrected chi connectivity index (χ1v) is 15.1. The second-order valence-electron chi connectivity index (χ2n) is 11.6. The summed E-state index contributed by atoms with van der Waals surface area (Å²) in [7, 11) is 1.89. The summed E-state index contributed by atoms with van der Waals surface area (Å²) in [4.78, 5) is 41.0. The number of benzene rings is 4. The smallest absolute Gasteiger partial charge is 0.343 e. The fourth-order valence-electron chi connectivity index (χ4n) is 5.35. The average Bonchev–Trinajstić information content (AvgIpc) is 3.01. The zero-order valence-corrected chi connectivity index (χ0v) is 26.6. The lowest BCUT2D eigenvalue weighted by Gasteiger charge is -2.22. The maximum atomic E-state index is 14.9. The van der Waals surface area contributed by atoms with Crippen molar-refractivity contribution in [3.8, 4) is 11.5 Å². The van der Waals surface area contributed by atoms with E-state index in [4.69, 9.17) is 9.47 Å². The van der Waals surface area contributed by atoms with Crippen molar-refractivity contribution in [3.63, 3.8) is 0 Å². The number of aromatic nitrogens is 1. The number of esters is 1. The molecule has 0 fully saturated rings. The summed E-state index contributed by atoms with van der Waals surface area (Å²) in [5, 5.41) is 2.87. The van der Waals surface area contributed by atoms with Crippen LogP contribution in [0.15, 0.2) is 95.9 Å². The van der Waals surface area contributed by atoms with E-state index < -0.39 is 29.1 Å². The highest BCUT2D eigenvalue weighted by Crippen LogP contribution is 2.33. The van der Waals surface area contributed by atoms with Crippen LogP contribution < -0.4 is 15.5 Å². The number of anilines is 1. The fraction of sp³-hybridized carbons (Fsp3) is 0.216. The zero-order chi connectivity index (χ0) is 33.7. The van der Waals surface area contributed by atoms with Crippen LogP contribution in [0.1, 0.15) is 49.2 Å². The Hall–Kier alpha value is -5.35. The number of carbonyl (C=O) groups is 2. The van der Waals surface area contributed by atoms with Gasteiger partial charge in [0.25, 0.3) is 0 Å². The normalized spacial score (nSPS) is 11.2. The van der Waals surface area contributed by atoms with Gasteiger partial charge in [-0.15, -0.1) is 0 Å². The van der Waals surface area contributed by atoms with Crippen molar-refractivity contribution in [2.24, 2.45) is 0 Å². The Morgan fingerprint density at radius 1 is 0.894 bits per heavy atom. The van der Waals surface area contributed by atoms with E-state index in [1.165, 1.54) is 23.8 Å². The first-order chi connectivity index (χ1) is 22.5. The molecule has 47 heavy (non-hydrogen) atoms. The van der Waals surface area contributed by atoms with Gasteiger partial charge in [-0.05, 0) is 75.0 Å². The van der Waals surface area contributed by atoms with E-state index in [0.717, 1.165) is 17.7 Å². The van der Waals surface area contributed by atoms with Crippen molar-refractivity contribution in [2.75, 3.05) is 12.4 Å². The van der Waals surface area contributed by atoms with Crippen molar-refractivity contribution in [1.29, 1.82) is 0 Å². The van der Waals surface area contributed by atoms with Crippen molar-refractivity contribution in [3.05, 3.63) is 135 Å². The molecule has 0 aliphatic heterocycles. The van der Waals surface area contributed by atoms with Crippen molar-refractivity contribution in [2.45, 2.75) is 46.5 Å². The van der Waals surface area contributed by atoms with Gasteiger partial charge in [0.2, 0.25) is 11.3 Å². The molecule has 0 unspecified atom stereocenters. The summed E-state index contributed by atoms with van der Waals surface area (Å²) >= 11 is 0. The van der Waals surface area contributed by atoms with Gasteiger partial charge in [0, 0.05) is 44.5 Å². The van der Waals surface area contributed by atoms with Crippen molar-refractivity contribution in [1.82, 2.24) is 9.47 Å². The molecule has 0 aliphatic carbocycles. The third-order valence-electron chi connectivity index (χ3n) is 7.39.